The number of aliphatic hydroxyl groups excluding tert-OH is 1. The molecule has 1 aromatic rings. The van der Waals surface area contributed by atoms with Gasteiger partial charge in [-0.3, -0.25) is 14.4 Å². The molecular weight excluding hydrogens is 436 g/mol. The van der Waals surface area contributed by atoms with E-state index in [1.165, 1.54) is 0 Å². The van der Waals surface area contributed by atoms with Crippen molar-refractivity contribution in [1.82, 2.24) is 10.2 Å². The highest BCUT2D eigenvalue weighted by Gasteiger charge is 2.80. The highest BCUT2D eigenvalue weighted by molar-refractivity contribution is 5.98. The Balaban J connectivity index is 1.65. The molecule has 3 aliphatic heterocycles. The van der Waals surface area contributed by atoms with Crippen LogP contribution in [0.4, 0.5) is 0 Å². The lowest BCUT2D eigenvalue weighted by atomic mass is 9.62. The Morgan fingerprint density at radius 1 is 1.24 bits per heavy atom. The number of aliphatic hydroxyl groups is 1. The van der Waals surface area contributed by atoms with Crippen LogP contribution in [0.15, 0.2) is 30.3 Å². The molecule has 0 aliphatic carbocycles. The van der Waals surface area contributed by atoms with Gasteiger partial charge in [-0.15, -0.1) is 0 Å². The molecular formula is C26H36N2O6. The van der Waals surface area contributed by atoms with Crippen molar-refractivity contribution in [3.8, 4) is 0 Å². The van der Waals surface area contributed by atoms with E-state index in [0.717, 1.165) is 12.0 Å². The molecule has 2 bridgehead atoms. The summed E-state index contributed by atoms with van der Waals surface area (Å²) in [6.45, 7) is 6.68. The quantitative estimate of drug-likeness (QED) is 0.399. The molecule has 4 rings (SSSR count). The number of rotatable bonds is 10. The lowest BCUT2D eigenvalue weighted by Crippen LogP contribution is -2.55. The van der Waals surface area contributed by atoms with Gasteiger partial charge < -0.3 is 24.8 Å². The minimum absolute atomic E-state index is 0.00952. The Bertz CT molecular complexity index is 923. The van der Waals surface area contributed by atoms with Crippen LogP contribution in [-0.4, -0.2) is 64.8 Å². The number of likely N-dealkylation sites (tertiary alicyclic amines) is 1. The van der Waals surface area contributed by atoms with Gasteiger partial charge in [-0.2, -0.15) is 0 Å². The van der Waals surface area contributed by atoms with Gasteiger partial charge in [-0.1, -0.05) is 37.3 Å². The Morgan fingerprint density at radius 2 is 1.97 bits per heavy atom. The minimum Gasteiger partial charge on any atom is -0.466 e. The molecule has 0 saturated carbocycles. The van der Waals surface area contributed by atoms with E-state index in [4.69, 9.17) is 14.6 Å². The van der Waals surface area contributed by atoms with Crippen LogP contribution in [-0.2, 0) is 30.4 Å². The second-order valence-electron chi connectivity index (χ2n) is 9.98. The number of hydrogen-bond acceptors (Lipinski definition) is 6. The van der Waals surface area contributed by atoms with Gasteiger partial charge in [0.15, 0.2) is 0 Å². The van der Waals surface area contributed by atoms with Crippen molar-refractivity contribution >= 4 is 17.8 Å². The monoisotopic (exact) mass is 472 g/mol. The van der Waals surface area contributed by atoms with E-state index in [9.17, 15) is 14.4 Å². The van der Waals surface area contributed by atoms with Crippen molar-refractivity contribution in [1.29, 1.82) is 0 Å². The lowest BCUT2D eigenvalue weighted by Gasteiger charge is -2.35. The standard InChI is InChI=1S/C26H36N2O6/c1-4-33-24(32)20-19-23(31)28(13-9-6-10-14-29)21(26(19)15-17(2)25(20,3)34-26)22(30)27-16-18-11-7-5-8-12-18/h5,7-8,11-12,17,19-21,29H,4,6,9-10,13-16H2,1-3H3,(H,27,30)/t17?,19-,20-,21?,25+,26?/m0/s1. The van der Waals surface area contributed by atoms with Crippen molar-refractivity contribution in [2.45, 2.75) is 70.2 Å². The molecule has 2 amide bonds. The first-order valence-electron chi connectivity index (χ1n) is 12.4. The summed E-state index contributed by atoms with van der Waals surface area (Å²) >= 11 is 0. The zero-order valence-corrected chi connectivity index (χ0v) is 20.3. The van der Waals surface area contributed by atoms with Crippen LogP contribution in [0.2, 0.25) is 0 Å². The smallest absolute Gasteiger partial charge is 0.312 e. The molecule has 1 aromatic carbocycles. The summed E-state index contributed by atoms with van der Waals surface area (Å²) in [4.78, 5) is 42.1. The number of carbonyl (C=O) groups is 3. The largest absolute Gasteiger partial charge is 0.466 e. The van der Waals surface area contributed by atoms with E-state index in [2.05, 4.69) is 5.32 Å². The van der Waals surface area contributed by atoms with Crippen LogP contribution in [0.5, 0.6) is 0 Å². The second-order valence-corrected chi connectivity index (χ2v) is 9.98. The maximum Gasteiger partial charge on any atom is 0.312 e. The first-order valence-corrected chi connectivity index (χ1v) is 12.4. The molecule has 3 fully saturated rings. The summed E-state index contributed by atoms with van der Waals surface area (Å²) in [5.41, 5.74) is -0.946. The van der Waals surface area contributed by atoms with Crippen molar-refractivity contribution in [3.05, 3.63) is 35.9 Å². The Kier molecular flexibility index (Phi) is 7.01. The van der Waals surface area contributed by atoms with Gasteiger partial charge in [0.1, 0.15) is 17.6 Å². The van der Waals surface area contributed by atoms with E-state index in [0.29, 0.717) is 32.4 Å². The molecule has 1 spiro atoms. The summed E-state index contributed by atoms with van der Waals surface area (Å²) in [7, 11) is 0. The maximum absolute atomic E-state index is 13.8. The van der Waals surface area contributed by atoms with Gasteiger partial charge in [0, 0.05) is 19.7 Å². The highest BCUT2D eigenvalue weighted by Crippen LogP contribution is 2.65. The molecule has 8 heteroatoms. The van der Waals surface area contributed by atoms with Crippen molar-refractivity contribution in [2.75, 3.05) is 19.8 Å². The zero-order chi connectivity index (χ0) is 24.5. The highest BCUT2D eigenvalue weighted by atomic mass is 16.6. The number of hydrogen-bond donors (Lipinski definition) is 2. The molecule has 8 nitrogen and oxygen atoms in total. The first-order chi connectivity index (χ1) is 16.3. The number of nitrogens with one attached hydrogen (secondary N) is 1. The van der Waals surface area contributed by atoms with Gasteiger partial charge >= 0.3 is 5.97 Å². The van der Waals surface area contributed by atoms with Gasteiger partial charge in [-0.05, 0) is 51.0 Å². The van der Waals surface area contributed by atoms with E-state index < -0.39 is 35.0 Å². The Hall–Kier alpha value is -2.45. The zero-order valence-electron chi connectivity index (χ0n) is 20.3. The molecule has 3 unspecified atom stereocenters. The third-order valence-electron chi connectivity index (χ3n) is 7.97. The third kappa shape index (κ3) is 3.90. The third-order valence-corrected chi connectivity index (χ3v) is 7.97. The summed E-state index contributed by atoms with van der Waals surface area (Å²) in [5.74, 6) is -2.39. The molecule has 2 N–H and O–H groups in total. The van der Waals surface area contributed by atoms with E-state index in [1.54, 1.807) is 11.8 Å². The van der Waals surface area contributed by atoms with E-state index in [1.807, 2.05) is 44.2 Å². The lowest BCUT2D eigenvalue weighted by molar-refractivity contribution is -0.161. The van der Waals surface area contributed by atoms with E-state index in [-0.39, 0.29) is 30.9 Å². The van der Waals surface area contributed by atoms with Crippen LogP contribution >= 0.6 is 0 Å². The Labute approximate surface area is 201 Å². The molecule has 3 heterocycles. The fourth-order valence-corrected chi connectivity index (χ4v) is 6.32. The van der Waals surface area contributed by atoms with Gasteiger partial charge in [-0.25, -0.2) is 0 Å². The van der Waals surface area contributed by atoms with Crippen LogP contribution in [0.25, 0.3) is 0 Å². The number of nitrogens with zero attached hydrogens (tertiary/aromatic N) is 1. The predicted octanol–water partition coefficient (Wildman–Crippen LogP) is 2.04. The molecule has 6 atom stereocenters. The van der Waals surface area contributed by atoms with Crippen molar-refractivity contribution < 1.29 is 29.0 Å². The number of unbranched alkanes of at least 4 members (excludes halogenated alkanes) is 2. The van der Waals surface area contributed by atoms with Crippen molar-refractivity contribution in [2.24, 2.45) is 17.8 Å². The number of ether oxygens (including phenoxy) is 2. The average Bonchev–Trinajstić information content (AvgIpc) is 3.33. The summed E-state index contributed by atoms with van der Waals surface area (Å²) < 4.78 is 12.0. The molecule has 34 heavy (non-hydrogen) atoms. The van der Waals surface area contributed by atoms with Crippen LogP contribution < -0.4 is 5.32 Å². The number of benzene rings is 1. The molecule has 3 saturated heterocycles. The van der Waals surface area contributed by atoms with E-state index >= 15 is 0 Å². The average molecular weight is 473 g/mol. The fourth-order valence-electron chi connectivity index (χ4n) is 6.32. The first kappa shape index (κ1) is 24.7. The molecule has 186 valence electrons. The SMILES string of the molecule is CCOC(=O)[C@@H]1[C@H]2C(=O)N(CCCCCO)C(C(=O)NCc3ccccc3)C23CC(C)[C@@]1(C)O3. The van der Waals surface area contributed by atoms with Crippen LogP contribution in [0, 0.1) is 17.8 Å². The topological polar surface area (TPSA) is 105 Å². The van der Waals surface area contributed by atoms with Crippen molar-refractivity contribution in [3.63, 3.8) is 0 Å². The summed E-state index contributed by atoms with van der Waals surface area (Å²) in [5, 5.41) is 12.1. The number of esters is 1. The predicted molar refractivity (Wildman–Crippen MR) is 124 cm³/mol. The summed E-state index contributed by atoms with van der Waals surface area (Å²) in [6.07, 6.45) is 2.58. The van der Waals surface area contributed by atoms with Crippen LogP contribution in [0.3, 0.4) is 0 Å². The Morgan fingerprint density at radius 3 is 2.65 bits per heavy atom. The fraction of sp³-hybridized carbons (Fsp3) is 0.654. The minimum atomic E-state index is -1.06. The number of amides is 2. The molecule has 0 aromatic heterocycles. The van der Waals surface area contributed by atoms with Gasteiger partial charge in [0.05, 0.1) is 18.1 Å². The normalized spacial score (nSPS) is 33.8. The second kappa shape index (κ2) is 9.66. The maximum atomic E-state index is 13.8. The number of carbonyl (C=O) groups excluding carboxylic acids is 3. The summed E-state index contributed by atoms with van der Waals surface area (Å²) in [6, 6.07) is 8.80. The van der Waals surface area contributed by atoms with Gasteiger partial charge in [0.25, 0.3) is 0 Å². The van der Waals surface area contributed by atoms with Crippen LogP contribution in [0.1, 0.15) is 52.0 Å². The van der Waals surface area contributed by atoms with Gasteiger partial charge in [0.2, 0.25) is 11.8 Å². The molecule has 0 radical (unpaired) electrons. The molecule has 3 aliphatic rings. The number of fused-ring (bicyclic) bond motifs is 1.